The van der Waals surface area contributed by atoms with Gasteiger partial charge in [-0.1, -0.05) is 0 Å². The fourth-order valence-electron chi connectivity index (χ4n) is 1.00. The van der Waals surface area contributed by atoms with Crippen molar-refractivity contribution in [2.45, 2.75) is 35.4 Å². The average molecular weight is 187 g/mol. The monoisotopic (exact) mass is 186 g/mol. The van der Waals surface area contributed by atoms with Crippen molar-refractivity contribution >= 4 is 34.8 Å². The molecule has 1 aliphatic rings. The first-order valence-corrected chi connectivity index (χ1v) is 4.31. The van der Waals surface area contributed by atoms with Crippen LogP contribution >= 0.6 is 34.8 Å². The Kier molecular flexibility index (Phi) is 2.53. The van der Waals surface area contributed by atoms with Crippen molar-refractivity contribution in [3.8, 4) is 0 Å². The molecule has 1 aliphatic carbocycles. The lowest BCUT2D eigenvalue weighted by Gasteiger charge is -2.26. The van der Waals surface area contributed by atoms with Gasteiger partial charge in [-0.05, 0) is 25.7 Å². The Morgan fingerprint density at radius 3 is 1.89 bits per heavy atom. The van der Waals surface area contributed by atoms with Gasteiger partial charge < -0.3 is 0 Å². The highest BCUT2D eigenvalue weighted by atomic mass is 35.5. The second-order valence-electron chi connectivity index (χ2n) is 2.53. The molecule has 0 heterocycles. The van der Waals surface area contributed by atoms with Crippen LogP contribution in [0.2, 0.25) is 0 Å². The summed E-state index contributed by atoms with van der Waals surface area (Å²) in [6.45, 7) is 0. The van der Waals surface area contributed by atoms with E-state index < -0.39 is 4.33 Å². The molecule has 9 heavy (non-hydrogen) atoms. The van der Waals surface area contributed by atoms with Crippen LogP contribution in [0, 0.1) is 0 Å². The topological polar surface area (TPSA) is 0 Å². The molecule has 0 nitrogen and oxygen atoms in total. The van der Waals surface area contributed by atoms with Crippen molar-refractivity contribution in [3.05, 3.63) is 0 Å². The molecule has 1 rings (SSSR count). The molecule has 0 aromatic heterocycles. The Morgan fingerprint density at radius 2 is 1.56 bits per heavy atom. The standard InChI is InChI=1S/C6H9Cl3/c7-5-1-3-6(8,9)4-2-5/h5H,1-4H2. The van der Waals surface area contributed by atoms with Crippen LogP contribution in [-0.2, 0) is 0 Å². The van der Waals surface area contributed by atoms with Crippen LogP contribution in [0.15, 0.2) is 0 Å². The Morgan fingerprint density at radius 1 is 1.11 bits per heavy atom. The van der Waals surface area contributed by atoms with Gasteiger partial charge in [-0.2, -0.15) is 0 Å². The maximum Gasteiger partial charge on any atom is 0.118 e. The van der Waals surface area contributed by atoms with Gasteiger partial charge in [0, 0.05) is 5.38 Å². The lowest BCUT2D eigenvalue weighted by Crippen LogP contribution is -2.22. The highest BCUT2D eigenvalue weighted by Gasteiger charge is 2.29. The van der Waals surface area contributed by atoms with E-state index in [1.165, 1.54) is 0 Å². The number of alkyl halides is 3. The summed E-state index contributed by atoms with van der Waals surface area (Å²) in [5.41, 5.74) is 0. The fraction of sp³-hybridized carbons (Fsp3) is 1.00. The summed E-state index contributed by atoms with van der Waals surface area (Å²) in [5, 5.41) is 0.302. The number of halogens is 3. The molecular weight excluding hydrogens is 178 g/mol. The summed E-state index contributed by atoms with van der Waals surface area (Å²) in [4.78, 5) is 0. The van der Waals surface area contributed by atoms with E-state index in [-0.39, 0.29) is 0 Å². The molecule has 0 aromatic carbocycles. The molecule has 0 N–H and O–H groups in total. The molecule has 0 amide bonds. The van der Waals surface area contributed by atoms with Crippen molar-refractivity contribution in [2.75, 3.05) is 0 Å². The van der Waals surface area contributed by atoms with Crippen LogP contribution in [0.3, 0.4) is 0 Å². The van der Waals surface area contributed by atoms with Crippen LogP contribution < -0.4 is 0 Å². The van der Waals surface area contributed by atoms with Gasteiger partial charge in [0.05, 0.1) is 0 Å². The predicted octanol–water partition coefficient (Wildman–Crippen LogP) is 3.34. The molecule has 0 saturated heterocycles. The van der Waals surface area contributed by atoms with Crippen molar-refractivity contribution < 1.29 is 0 Å². The van der Waals surface area contributed by atoms with E-state index in [4.69, 9.17) is 34.8 Å². The third-order valence-electron chi connectivity index (χ3n) is 1.65. The fourth-order valence-corrected chi connectivity index (χ4v) is 1.66. The minimum atomic E-state index is -0.481. The number of hydrogen-bond acceptors (Lipinski definition) is 0. The van der Waals surface area contributed by atoms with E-state index in [9.17, 15) is 0 Å². The quantitative estimate of drug-likeness (QED) is 0.510. The molecular formula is C6H9Cl3. The minimum absolute atomic E-state index is 0.302. The van der Waals surface area contributed by atoms with Crippen LogP contribution in [0.5, 0.6) is 0 Å². The second-order valence-corrected chi connectivity index (χ2v) is 4.79. The van der Waals surface area contributed by atoms with Crippen molar-refractivity contribution in [2.24, 2.45) is 0 Å². The Hall–Kier alpha value is 0.870. The zero-order valence-corrected chi connectivity index (χ0v) is 7.31. The van der Waals surface area contributed by atoms with Crippen molar-refractivity contribution in [1.29, 1.82) is 0 Å². The zero-order chi connectivity index (χ0) is 6.91. The summed E-state index contributed by atoms with van der Waals surface area (Å²) in [6, 6.07) is 0. The molecule has 0 unspecified atom stereocenters. The zero-order valence-electron chi connectivity index (χ0n) is 5.04. The summed E-state index contributed by atoms with van der Waals surface area (Å²) in [6.07, 6.45) is 3.58. The molecule has 0 radical (unpaired) electrons. The van der Waals surface area contributed by atoms with Gasteiger partial charge in [-0.15, -0.1) is 34.8 Å². The Bertz CT molecular complexity index is 90.5. The molecule has 0 aliphatic heterocycles. The highest BCUT2D eigenvalue weighted by Crippen LogP contribution is 2.39. The van der Waals surface area contributed by atoms with Crippen LogP contribution in [0.25, 0.3) is 0 Å². The van der Waals surface area contributed by atoms with Gasteiger partial charge in [-0.25, -0.2) is 0 Å². The SMILES string of the molecule is ClC1CCC(Cl)(Cl)CC1. The molecule has 0 atom stereocenters. The molecule has 0 spiro atoms. The van der Waals surface area contributed by atoms with Crippen LogP contribution in [0.4, 0.5) is 0 Å². The average Bonchev–Trinajstić information content (AvgIpc) is 1.78. The van der Waals surface area contributed by atoms with Crippen LogP contribution in [-0.4, -0.2) is 9.71 Å². The van der Waals surface area contributed by atoms with Gasteiger partial charge in [0.25, 0.3) is 0 Å². The third kappa shape index (κ3) is 2.53. The predicted molar refractivity (Wildman–Crippen MR) is 42.5 cm³/mol. The first-order chi connectivity index (χ1) is 4.10. The molecule has 1 saturated carbocycles. The smallest absolute Gasteiger partial charge is 0.118 e. The second kappa shape index (κ2) is 2.86. The maximum atomic E-state index is 5.84. The summed E-state index contributed by atoms with van der Waals surface area (Å²) < 4.78 is -0.481. The van der Waals surface area contributed by atoms with Crippen molar-refractivity contribution in [1.82, 2.24) is 0 Å². The highest BCUT2D eigenvalue weighted by molar-refractivity contribution is 6.48. The molecule has 0 aromatic rings. The largest absolute Gasteiger partial charge is 0.123 e. The summed E-state index contributed by atoms with van der Waals surface area (Å²) in [7, 11) is 0. The van der Waals surface area contributed by atoms with E-state index in [0.717, 1.165) is 25.7 Å². The van der Waals surface area contributed by atoms with Crippen LogP contribution in [0.1, 0.15) is 25.7 Å². The molecule has 1 fully saturated rings. The van der Waals surface area contributed by atoms with E-state index in [1.807, 2.05) is 0 Å². The normalized spacial score (nSPS) is 28.3. The van der Waals surface area contributed by atoms with E-state index >= 15 is 0 Å². The minimum Gasteiger partial charge on any atom is -0.123 e. The first kappa shape index (κ1) is 7.97. The van der Waals surface area contributed by atoms with Gasteiger partial charge >= 0.3 is 0 Å². The van der Waals surface area contributed by atoms with Crippen molar-refractivity contribution in [3.63, 3.8) is 0 Å². The summed E-state index contributed by atoms with van der Waals surface area (Å²) >= 11 is 17.5. The van der Waals surface area contributed by atoms with E-state index in [0.29, 0.717) is 5.38 Å². The van der Waals surface area contributed by atoms with Gasteiger partial charge in [0.15, 0.2) is 0 Å². The van der Waals surface area contributed by atoms with E-state index in [1.54, 1.807) is 0 Å². The van der Waals surface area contributed by atoms with Gasteiger partial charge in [-0.3, -0.25) is 0 Å². The van der Waals surface area contributed by atoms with Gasteiger partial charge in [0.1, 0.15) is 4.33 Å². The summed E-state index contributed by atoms with van der Waals surface area (Å²) in [5.74, 6) is 0. The van der Waals surface area contributed by atoms with E-state index in [2.05, 4.69) is 0 Å². The third-order valence-corrected chi connectivity index (χ3v) is 2.84. The Labute approximate surface area is 70.5 Å². The lowest BCUT2D eigenvalue weighted by molar-refractivity contribution is 0.485. The Balaban J connectivity index is 2.35. The van der Waals surface area contributed by atoms with Gasteiger partial charge in [0.2, 0.25) is 0 Å². The number of rotatable bonds is 0. The molecule has 3 heteroatoms. The first-order valence-electron chi connectivity index (χ1n) is 3.12. The number of hydrogen-bond donors (Lipinski definition) is 0. The molecule has 54 valence electrons. The lowest BCUT2D eigenvalue weighted by atomic mass is 9.99. The maximum absolute atomic E-state index is 5.84. The molecule has 0 bridgehead atoms.